The van der Waals surface area contributed by atoms with Gasteiger partial charge in [0, 0.05) is 73.0 Å². The molecular formula is C25H25N5O2. The summed E-state index contributed by atoms with van der Waals surface area (Å²) < 4.78 is 1.94. The summed E-state index contributed by atoms with van der Waals surface area (Å²) in [5, 5.41) is 5.65. The Hall–Kier alpha value is -3.84. The van der Waals surface area contributed by atoms with Crippen molar-refractivity contribution >= 4 is 28.8 Å². The summed E-state index contributed by atoms with van der Waals surface area (Å²) in [6, 6.07) is 17.6. The minimum absolute atomic E-state index is 0.377. The fraction of sp³-hybridized carbons (Fsp3) is 0.200. The van der Waals surface area contributed by atoms with Crippen LogP contribution < -0.4 is 15.5 Å². The van der Waals surface area contributed by atoms with Gasteiger partial charge in [0.05, 0.1) is 5.57 Å². The number of nitrogens with zero attached hydrogens (tertiary/aromatic N) is 3. The molecule has 0 saturated carbocycles. The van der Waals surface area contributed by atoms with Crippen LogP contribution in [0.3, 0.4) is 0 Å². The third-order valence-corrected chi connectivity index (χ3v) is 6.03. The Balaban J connectivity index is 1.39. The monoisotopic (exact) mass is 427 g/mol. The van der Waals surface area contributed by atoms with Crippen LogP contribution in [0, 0.1) is 0 Å². The van der Waals surface area contributed by atoms with Gasteiger partial charge in [-0.3, -0.25) is 14.9 Å². The normalized spacial score (nSPS) is 17.9. The van der Waals surface area contributed by atoms with Crippen molar-refractivity contribution < 1.29 is 9.59 Å². The Morgan fingerprint density at radius 2 is 1.53 bits per heavy atom. The summed E-state index contributed by atoms with van der Waals surface area (Å²) >= 11 is 0. The quantitative estimate of drug-likeness (QED) is 0.495. The van der Waals surface area contributed by atoms with E-state index >= 15 is 0 Å². The molecule has 5 rings (SSSR count). The summed E-state index contributed by atoms with van der Waals surface area (Å²) in [6.07, 6.45) is 5.52. The molecule has 162 valence electrons. The number of piperazine rings is 1. The molecule has 2 aliphatic rings. The number of aromatic nitrogens is 1. The molecule has 0 radical (unpaired) electrons. The number of hydrogen-bond donors (Lipinski definition) is 2. The van der Waals surface area contributed by atoms with Crippen LogP contribution in [0.4, 0.5) is 11.4 Å². The topological polar surface area (TPSA) is 69.6 Å². The minimum atomic E-state index is -0.409. The molecule has 3 heterocycles. The van der Waals surface area contributed by atoms with E-state index < -0.39 is 5.91 Å². The predicted octanol–water partition coefficient (Wildman–Crippen LogP) is 2.95. The molecule has 2 aromatic carbocycles. The maximum Gasteiger partial charge on any atom is 0.260 e. The number of benzene rings is 2. The van der Waals surface area contributed by atoms with Crippen molar-refractivity contribution in [1.29, 1.82) is 0 Å². The predicted molar refractivity (Wildman–Crippen MR) is 126 cm³/mol. The number of nitrogens with one attached hydrogen (secondary N) is 2. The van der Waals surface area contributed by atoms with E-state index in [2.05, 4.69) is 39.6 Å². The molecule has 0 bridgehead atoms. The van der Waals surface area contributed by atoms with Crippen LogP contribution in [0.5, 0.6) is 0 Å². The molecule has 0 spiro atoms. The zero-order chi connectivity index (χ0) is 22.1. The third-order valence-electron chi connectivity index (χ3n) is 6.03. The van der Waals surface area contributed by atoms with Gasteiger partial charge >= 0.3 is 0 Å². The van der Waals surface area contributed by atoms with Crippen molar-refractivity contribution in [3.63, 3.8) is 0 Å². The molecule has 1 aromatic heterocycles. The molecule has 7 heteroatoms. The van der Waals surface area contributed by atoms with Crippen LogP contribution in [-0.4, -0.2) is 54.5 Å². The first-order chi connectivity index (χ1) is 15.6. The Labute approximate surface area is 186 Å². The second kappa shape index (κ2) is 8.36. The lowest BCUT2D eigenvalue weighted by molar-refractivity contribution is -0.114. The molecule has 32 heavy (non-hydrogen) atoms. The van der Waals surface area contributed by atoms with Crippen LogP contribution in [0.15, 0.2) is 73.2 Å². The van der Waals surface area contributed by atoms with Crippen molar-refractivity contribution in [3.05, 3.63) is 84.3 Å². The van der Waals surface area contributed by atoms with Crippen molar-refractivity contribution in [2.45, 2.75) is 0 Å². The fourth-order valence-corrected chi connectivity index (χ4v) is 4.11. The van der Waals surface area contributed by atoms with E-state index in [0.29, 0.717) is 16.7 Å². The van der Waals surface area contributed by atoms with Crippen molar-refractivity contribution in [2.24, 2.45) is 0 Å². The first kappa shape index (κ1) is 20.1. The number of amides is 2. The second-order valence-electron chi connectivity index (χ2n) is 8.14. The molecule has 1 fully saturated rings. The third kappa shape index (κ3) is 3.90. The highest BCUT2D eigenvalue weighted by molar-refractivity contribution is 6.31. The van der Waals surface area contributed by atoms with Crippen molar-refractivity contribution in [3.8, 4) is 5.69 Å². The number of fused-ring (bicyclic) bond motifs is 1. The van der Waals surface area contributed by atoms with Crippen molar-refractivity contribution in [2.75, 3.05) is 43.4 Å². The molecule has 2 N–H and O–H groups in total. The van der Waals surface area contributed by atoms with Gasteiger partial charge in [-0.25, -0.2) is 0 Å². The first-order valence-corrected chi connectivity index (χ1v) is 10.7. The average molecular weight is 428 g/mol. The number of carbonyl (C=O) groups is 2. The molecule has 3 aromatic rings. The minimum Gasteiger partial charge on any atom is -0.369 e. The summed E-state index contributed by atoms with van der Waals surface area (Å²) in [5.74, 6) is -0.786. The van der Waals surface area contributed by atoms with Gasteiger partial charge in [-0.15, -0.1) is 0 Å². The molecule has 7 nitrogen and oxygen atoms in total. The largest absolute Gasteiger partial charge is 0.369 e. The lowest BCUT2D eigenvalue weighted by Crippen LogP contribution is -2.44. The van der Waals surface area contributed by atoms with Crippen LogP contribution in [0.2, 0.25) is 0 Å². The highest BCUT2D eigenvalue weighted by Gasteiger charge is 2.27. The maximum absolute atomic E-state index is 12.6. The summed E-state index contributed by atoms with van der Waals surface area (Å²) in [4.78, 5) is 29.7. The van der Waals surface area contributed by atoms with Gasteiger partial charge in [-0.2, -0.15) is 0 Å². The van der Waals surface area contributed by atoms with Crippen LogP contribution >= 0.6 is 0 Å². The van der Waals surface area contributed by atoms with E-state index in [9.17, 15) is 9.59 Å². The van der Waals surface area contributed by atoms with Gasteiger partial charge in [0.25, 0.3) is 11.8 Å². The molecule has 0 aliphatic carbocycles. The highest BCUT2D eigenvalue weighted by atomic mass is 16.2. The molecule has 2 aliphatic heterocycles. The number of imide groups is 1. The Bertz CT molecular complexity index is 1170. The molecular weight excluding hydrogens is 402 g/mol. The maximum atomic E-state index is 12.6. The Morgan fingerprint density at radius 3 is 2.25 bits per heavy atom. The van der Waals surface area contributed by atoms with Crippen molar-refractivity contribution in [1.82, 2.24) is 14.8 Å². The standard InChI is InChI=1S/C25H25N5O2/c1-28-12-14-30(15-13-28)19-6-4-18(5-7-19)26-17-23-22-16-20(29-10-2-3-11-29)8-9-21(22)24(31)27-25(23)32/h2-11,16-17,26H,12-15H2,1H3,(H,27,31,32)/b23-17-. The van der Waals surface area contributed by atoms with E-state index in [0.717, 1.165) is 37.6 Å². The molecule has 2 amide bonds. The summed E-state index contributed by atoms with van der Waals surface area (Å²) in [5.41, 5.74) is 4.49. The highest BCUT2D eigenvalue weighted by Crippen LogP contribution is 2.27. The van der Waals surface area contributed by atoms with E-state index in [1.54, 1.807) is 12.3 Å². The first-order valence-electron chi connectivity index (χ1n) is 10.7. The van der Waals surface area contributed by atoms with Gasteiger partial charge in [0.1, 0.15) is 0 Å². The Kier molecular flexibility index (Phi) is 5.25. The van der Waals surface area contributed by atoms with E-state index in [-0.39, 0.29) is 5.91 Å². The summed E-state index contributed by atoms with van der Waals surface area (Å²) in [7, 11) is 2.15. The Morgan fingerprint density at radius 1 is 0.844 bits per heavy atom. The van der Waals surface area contributed by atoms with Crippen LogP contribution in [0.25, 0.3) is 11.3 Å². The number of anilines is 2. The summed E-state index contributed by atoms with van der Waals surface area (Å²) in [6.45, 7) is 4.15. The molecule has 0 unspecified atom stereocenters. The fourth-order valence-electron chi connectivity index (χ4n) is 4.11. The van der Waals surface area contributed by atoms with Gasteiger partial charge in [-0.05, 0) is 61.6 Å². The molecule has 0 atom stereocenters. The van der Waals surface area contributed by atoms with Gasteiger partial charge in [-0.1, -0.05) is 0 Å². The van der Waals surface area contributed by atoms with Gasteiger partial charge in [0.2, 0.25) is 0 Å². The number of carbonyl (C=O) groups excluding carboxylic acids is 2. The number of hydrogen-bond acceptors (Lipinski definition) is 5. The average Bonchev–Trinajstić information content (AvgIpc) is 3.35. The lowest BCUT2D eigenvalue weighted by Gasteiger charge is -2.34. The van der Waals surface area contributed by atoms with E-state index in [1.165, 1.54) is 5.69 Å². The smallest absolute Gasteiger partial charge is 0.260 e. The lowest BCUT2D eigenvalue weighted by atomic mass is 9.95. The zero-order valence-electron chi connectivity index (χ0n) is 17.9. The second-order valence-corrected chi connectivity index (χ2v) is 8.14. The van der Waals surface area contributed by atoms with E-state index in [4.69, 9.17) is 0 Å². The van der Waals surface area contributed by atoms with Gasteiger partial charge < -0.3 is 19.7 Å². The van der Waals surface area contributed by atoms with Gasteiger partial charge in [0.15, 0.2) is 0 Å². The van der Waals surface area contributed by atoms with E-state index in [1.807, 2.05) is 53.4 Å². The number of rotatable bonds is 4. The molecule has 1 saturated heterocycles. The zero-order valence-corrected chi connectivity index (χ0v) is 17.9. The van der Waals surface area contributed by atoms with Crippen LogP contribution in [0.1, 0.15) is 15.9 Å². The van der Waals surface area contributed by atoms with Crippen LogP contribution in [-0.2, 0) is 4.79 Å². The SMILES string of the molecule is CN1CCN(c2ccc(N/C=C3\C(=O)NC(=O)c4ccc(-n5cccc5)cc43)cc2)CC1. The number of likely N-dealkylation sites (N-methyl/N-ethyl adjacent to an activating group) is 1.